The first-order chi connectivity index (χ1) is 10.8. The monoisotopic (exact) mass is 290 g/mol. The highest BCUT2D eigenvalue weighted by Crippen LogP contribution is 2.25. The van der Waals surface area contributed by atoms with Crippen LogP contribution in [-0.2, 0) is 0 Å². The first-order valence-corrected chi connectivity index (χ1v) is 7.41. The summed E-state index contributed by atoms with van der Waals surface area (Å²) in [6, 6.07) is 18.4. The number of hydrogen-bond donors (Lipinski definition) is 1. The van der Waals surface area contributed by atoms with Crippen LogP contribution in [0.15, 0.2) is 54.7 Å². The SMILES string of the molecule is CNCCC(c1ccccc1)n1cc2c(C#N)cccc2n1. The Morgan fingerprint density at radius 3 is 2.73 bits per heavy atom. The van der Waals surface area contributed by atoms with E-state index in [4.69, 9.17) is 0 Å². The van der Waals surface area contributed by atoms with Crippen LogP contribution in [0.2, 0.25) is 0 Å². The molecule has 1 N–H and O–H groups in total. The number of hydrogen-bond acceptors (Lipinski definition) is 3. The van der Waals surface area contributed by atoms with Gasteiger partial charge in [-0.15, -0.1) is 0 Å². The molecule has 0 bridgehead atoms. The molecule has 2 aromatic carbocycles. The van der Waals surface area contributed by atoms with Crippen LogP contribution in [0.25, 0.3) is 10.9 Å². The van der Waals surface area contributed by atoms with E-state index in [-0.39, 0.29) is 6.04 Å². The molecule has 1 aromatic heterocycles. The highest BCUT2D eigenvalue weighted by molar-refractivity contribution is 5.84. The molecule has 4 heteroatoms. The lowest BCUT2D eigenvalue weighted by atomic mass is 10.0. The predicted octanol–water partition coefficient (Wildman–Crippen LogP) is 3.11. The van der Waals surface area contributed by atoms with Gasteiger partial charge in [-0.05, 0) is 37.7 Å². The van der Waals surface area contributed by atoms with E-state index in [1.807, 2.05) is 54.3 Å². The fourth-order valence-corrected chi connectivity index (χ4v) is 2.73. The molecule has 0 aliphatic carbocycles. The molecule has 0 radical (unpaired) electrons. The van der Waals surface area contributed by atoms with E-state index in [0.717, 1.165) is 23.9 Å². The van der Waals surface area contributed by atoms with Gasteiger partial charge in [0.1, 0.15) is 0 Å². The van der Waals surface area contributed by atoms with E-state index >= 15 is 0 Å². The summed E-state index contributed by atoms with van der Waals surface area (Å²) in [7, 11) is 1.95. The third kappa shape index (κ3) is 2.72. The first-order valence-electron chi connectivity index (χ1n) is 7.41. The summed E-state index contributed by atoms with van der Waals surface area (Å²) in [4.78, 5) is 0. The summed E-state index contributed by atoms with van der Waals surface area (Å²) in [5, 5.41) is 18.0. The van der Waals surface area contributed by atoms with Gasteiger partial charge in [0.25, 0.3) is 0 Å². The van der Waals surface area contributed by atoms with Crippen LogP contribution in [0.3, 0.4) is 0 Å². The van der Waals surface area contributed by atoms with Crippen LogP contribution < -0.4 is 5.32 Å². The van der Waals surface area contributed by atoms with Gasteiger partial charge in [0.15, 0.2) is 0 Å². The molecule has 0 saturated carbocycles. The average molecular weight is 290 g/mol. The molecular weight excluding hydrogens is 272 g/mol. The summed E-state index contributed by atoms with van der Waals surface area (Å²) < 4.78 is 1.98. The van der Waals surface area contributed by atoms with Gasteiger partial charge in [-0.2, -0.15) is 10.4 Å². The second-order valence-corrected chi connectivity index (χ2v) is 5.28. The fourth-order valence-electron chi connectivity index (χ4n) is 2.73. The van der Waals surface area contributed by atoms with Crippen molar-refractivity contribution in [2.75, 3.05) is 13.6 Å². The third-order valence-electron chi connectivity index (χ3n) is 3.86. The Balaban J connectivity index is 2.06. The number of nitriles is 1. The van der Waals surface area contributed by atoms with Crippen molar-refractivity contribution in [1.29, 1.82) is 5.26 Å². The average Bonchev–Trinajstić information content (AvgIpc) is 3.00. The Morgan fingerprint density at radius 1 is 1.18 bits per heavy atom. The van der Waals surface area contributed by atoms with Crippen molar-refractivity contribution in [1.82, 2.24) is 15.1 Å². The van der Waals surface area contributed by atoms with Crippen molar-refractivity contribution in [2.45, 2.75) is 12.5 Å². The van der Waals surface area contributed by atoms with E-state index in [1.165, 1.54) is 5.56 Å². The molecule has 0 amide bonds. The topological polar surface area (TPSA) is 53.6 Å². The molecule has 4 nitrogen and oxygen atoms in total. The minimum atomic E-state index is 0.160. The molecule has 1 heterocycles. The van der Waals surface area contributed by atoms with Crippen molar-refractivity contribution >= 4 is 10.9 Å². The molecular formula is C18H18N4. The van der Waals surface area contributed by atoms with E-state index in [9.17, 15) is 5.26 Å². The molecule has 0 saturated heterocycles. The number of aromatic nitrogens is 2. The van der Waals surface area contributed by atoms with Crippen molar-refractivity contribution in [2.24, 2.45) is 0 Å². The van der Waals surface area contributed by atoms with Gasteiger partial charge in [-0.3, -0.25) is 4.68 Å². The van der Waals surface area contributed by atoms with Crippen LogP contribution >= 0.6 is 0 Å². The van der Waals surface area contributed by atoms with Gasteiger partial charge < -0.3 is 5.32 Å². The number of fused-ring (bicyclic) bond motifs is 1. The summed E-state index contributed by atoms with van der Waals surface area (Å²) in [6.45, 7) is 0.904. The highest BCUT2D eigenvalue weighted by atomic mass is 15.3. The van der Waals surface area contributed by atoms with E-state index < -0.39 is 0 Å². The molecule has 22 heavy (non-hydrogen) atoms. The lowest BCUT2D eigenvalue weighted by molar-refractivity contribution is 0.484. The Morgan fingerprint density at radius 2 is 2.00 bits per heavy atom. The molecule has 3 aromatic rings. The zero-order valence-electron chi connectivity index (χ0n) is 12.5. The standard InChI is InChI=1S/C18H18N4/c1-20-11-10-18(14-6-3-2-4-7-14)22-13-16-15(12-19)8-5-9-17(16)21-22/h2-9,13,18,20H,10-11H2,1H3. The van der Waals surface area contributed by atoms with Crippen LogP contribution in [0, 0.1) is 11.3 Å². The number of rotatable bonds is 5. The number of nitrogens with zero attached hydrogens (tertiary/aromatic N) is 3. The maximum Gasteiger partial charge on any atom is 0.0999 e. The number of benzene rings is 2. The molecule has 3 rings (SSSR count). The van der Waals surface area contributed by atoms with Gasteiger partial charge in [0.05, 0.1) is 23.2 Å². The molecule has 110 valence electrons. The molecule has 0 fully saturated rings. The second-order valence-electron chi connectivity index (χ2n) is 5.28. The Labute approximate surface area is 130 Å². The van der Waals surface area contributed by atoms with Crippen molar-refractivity contribution in [3.8, 4) is 6.07 Å². The summed E-state index contributed by atoms with van der Waals surface area (Å²) >= 11 is 0. The van der Waals surface area contributed by atoms with Crippen molar-refractivity contribution < 1.29 is 0 Å². The zero-order chi connectivity index (χ0) is 15.4. The molecule has 0 aliphatic heterocycles. The van der Waals surface area contributed by atoms with Crippen LogP contribution in [0.1, 0.15) is 23.6 Å². The number of nitrogens with one attached hydrogen (secondary N) is 1. The van der Waals surface area contributed by atoms with Gasteiger partial charge >= 0.3 is 0 Å². The first kappa shape index (κ1) is 14.3. The highest BCUT2D eigenvalue weighted by Gasteiger charge is 2.16. The fraction of sp³-hybridized carbons (Fsp3) is 0.222. The summed E-state index contributed by atoms with van der Waals surface area (Å²) in [6.07, 6.45) is 2.93. The van der Waals surface area contributed by atoms with Gasteiger partial charge in [-0.1, -0.05) is 36.4 Å². The normalized spacial score (nSPS) is 12.2. The lowest BCUT2D eigenvalue weighted by Crippen LogP contribution is -2.18. The Kier molecular flexibility index (Phi) is 4.17. The Hall–Kier alpha value is -2.64. The largest absolute Gasteiger partial charge is 0.320 e. The van der Waals surface area contributed by atoms with Crippen LogP contribution in [0.5, 0.6) is 0 Å². The minimum absolute atomic E-state index is 0.160. The maximum absolute atomic E-state index is 9.24. The van der Waals surface area contributed by atoms with E-state index in [1.54, 1.807) is 0 Å². The summed E-state index contributed by atoms with van der Waals surface area (Å²) in [5.74, 6) is 0. The smallest absolute Gasteiger partial charge is 0.0999 e. The molecule has 0 spiro atoms. The third-order valence-corrected chi connectivity index (χ3v) is 3.86. The molecule has 0 aliphatic rings. The van der Waals surface area contributed by atoms with Crippen molar-refractivity contribution in [3.63, 3.8) is 0 Å². The van der Waals surface area contributed by atoms with E-state index in [0.29, 0.717) is 5.56 Å². The van der Waals surface area contributed by atoms with Crippen LogP contribution in [0.4, 0.5) is 0 Å². The van der Waals surface area contributed by atoms with Crippen LogP contribution in [-0.4, -0.2) is 23.4 Å². The summed E-state index contributed by atoms with van der Waals surface area (Å²) in [5.41, 5.74) is 2.76. The maximum atomic E-state index is 9.24. The van der Waals surface area contributed by atoms with Crippen molar-refractivity contribution in [3.05, 3.63) is 65.9 Å². The lowest BCUT2D eigenvalue weighted by Gasteiger charge is -2.18. The molecule has 1 unspecified atom stereocenters. The quantitative estimate of drug-likeness (QED) is 0.785. The molecule has 1 atom stereocenters. The predicted molar refractivity (Wildman–Crippen MR) is 87.6 cm³/mol. The second kappa shape index (κ2) is 6.42. The Bertz CT molecular complexity index is 799. The minimum Gasteiger partial charge on any atom is -0.320 e. The zero-order valence-corrected chi connectivity index (χ0v) is 12.5. The van der Waals surface area contributed by atoms with Gasteiger partial charge in [-0.25, -0.2) is 0 Å². The van der Waals surface area contributed by atoms with Gasteiger partial charge in [0, 0.05) is 11.6 Å². The van der Waals surface area contributed by atoms with E-state index in [2.05, 4.69) is 28.6 Å². The van der Waals surface area contributed by atoms with Gasteiger partial charge in [0.2, 0.25) is 0 Å².